The molecule has 3 rings (SSSR count). The summed E-state index contributed by atoms with van der Waals surface area (Å²) in [4.78, 5) is 12.6. The van der Waals surface area contributed by atoms with E-state index in [9.17, 15) is 18.3 Å². The van der Waals surface area contributed by atoms with Crippen molar-refractivity contribution in [1.82, 2.24) is 9.62 Å². The van der Waals surface area contributed by atoms with Crippen molar-refractivity contribution in [3.63, 3.8) is 0 Å². The van der Waals surface area contributed by atoms with E-state index in [1.807, 2.05) is 44.2 Å². The average Bonchev–Trinajstić information content (AvgIpc) is 3.37. The van der Waals surface area contributed by atoms with Crippen LogP contribution in [0.2, 0.25) is 10.0 Å². The fraction of sp³-hybridized carbons (Fsp3) is 0.500. The Kier molecular flexibility index (Phi) is 11.0. The van der Waals surface area contributed by atoms with Crippen molar-refractivity contribution in [2.75, 3.05) is 32.9 Å². The number of sulfonamides is 1. The molecule has 1 amide bonds. The van der Waals surface area contributed by atoms with Crippen LogP contribution in [-0.4, -0.2) is 69.0 Å². The molecule has 204 valence electrons. The number of ether oxygens (including phenoxy) is 2. The van der Waals surface area contributed by atoms with E-state index in [2.05, 4.69) is 5.32 Å². The van der Waals surface area contributed by atoms with Gasteiger partial charge in [-0.15, -0.1) is 0 Å². The largest absolute Gasteiger partial charge is 0.449 e. The second kappa shape index (κ2) is 13.8. The van der Waals surface area contributed by atoms with Gasteiger partial charge in [0.25, 0.3) is 0 Å². The molecule has 1 saturated heterocycles. The van der Waals surface area contributed by atoms with E-state index >= 15 is 0 Å². The number of benzene rings is 2. The summed E-state index contributed by atoms with van der Waals surface area (Å²) in [6.45, 7) is 5.08. The summed E-state index contributed by atoms with van der Waals surface area (Å²) >= 11 is 12.1. The summed E-state index contributed by atoms with van der Waals surface area (Å²) in [5, 5.41) is 14.4. The molecule has 8 nitrogen and oxygen atoms in total. The van der Waals surface area contributed by atoms with Crippen molar-refractivity contribution in [2.24, 2.45) is 11.8 Å². The number of halogens is 2. The van der Waals surface area contributed by atoms with Crippen molar-refractivity contribution >= 4 is 39.3 Å². The summed E-state index contributed by atoms with van der Waals surface area (Å²) in [6.07, 6.45) is -0.792. The van der Waals surface area contributed by atoms with Crippen LogP contribution in [0.3, 0.4) is 0 Å². The van der Waals surface area contributed by atoms with Gasteiger partial charge in [0, 0.05) is 25.6 Å². The van der Waals surface area contributed by atoms with E-state index in [0.717, 1.165) is 12.0 Å². The number of aliphatic hydroxyl groups is 1. The van der Waals surface area contributed by atoms with Gasteiger partial charge in [-0.1, -0.05) is 67.4 Å². The van der Waals surface area contributed by atoms with Crippen molar-refractivity contribution < 1.29 is 27.8 Å². The van der Waals surface area contributed by atoms with Gasteiger partial charge >= 0.3 is 6.09 Å². The van der Waals surface area contributed by atoms with Crippen molar-refractivity contribution in [1.29, 1.82) is 0 Å². The van der Waals surface area contributed by atoms with Crippen LogP contribution >= 0.6 is 23.2 Å². The Balaban J connectivity index is 1.79. The van der Waals surface area contributed by atoms with Gasteiger partial charge in [0.2, 0.25) is 10.0 Å². The number of rotatable bonds is 12. The molecule has 0 radical (unpaired) electrons. The molecule has 11 heteroatoms. The van der Waals surface area contributed by atoms with Gasteiger partial charge in [0.1, 0.15) is 0 Å². The molecule has 3 atom stereocenters. The molecule has 37 heavy (non-hydrogen) atoms. The molecule has 2 aromatic carbocycles. The highest BCUT2D eigenvalue weighted by atomic mass is 35.5. The highest BCUT2D eigenvalue weighted by Crippen LogP contribution is 2.27. The Bertz CT molecular complexity index is 1130. The number of hydrogen-bond donors (Lipinski definition) is 2. The van der Waals surface area contributed by atoms with Crippen LogP contribution in [0, 0.1) is 11.8 Å². The first-order valence-corrected chi connectivity index (χ1v) is 14.4. The van der Waals surface area contributed by atoms with Crippen LogP contribution in [0.1, 0.15) is 25.8 Å². The Hall–Kier alpha value is -1.88. The lowest BCUT2D eigenvalue weighted by molar-refractivity contribution is 0.0822. The van der Waals surface area contributed by atoms with E-state index in [1.165, 1.54) is 22.5 Å². The van der Waals surface area contributed by atoms with Gasteiger partial charge in [0.15, 0.2) is 0 Å². The lowest BCUT2D eigenvalue weighted by Crippen LogP contribution is -2.51. The number of nitrogens with one attached hydrogen (secondary N) is 1. The molecule has 1 unspecified atom stereocenters. The van der Waals surface area contributed by atoms with Crippen LogP contribution in [-0.2, 0) is 25.9 Å². The number of carbonyl (C=O) groups is 1. The van der Waals surface area contributed by atoms with Crippen LogP contribution < -0.4 is 5.32 Å². The van der Waals surface area contributed by atoms with Crippen LogP contribution in [0.15, 0.2) is 53.4 Å². The zero-order valence-electron chi connectivity index (χ0n) is 21.0. The zero-order chi connectivity index (χ0) is 27.0. The molecule has 0 bridgehead atoms. The van der Waals surface area contributed by atoms with Crippen LogP contribution in [0.5, 0.6) is 0 Å². The molecular formula is C26H34Cl2N2O6S. The third-order valence-corrected chi connectivity index (χ3v) is 8.60. The molecule has 1 heterocycles. The van der Waals surface area contributed by atoms with Gasteiger partial charge < -0.3 is 19.9 Å². The van der Waals surface area contributed by atoms with Gasteiger partial charge in [-0.3, -0.25) is 0 Å². The topological polar surface area (TPSA) is 105 Å². The maximum atomic E-state index is 13.5. The van der Waals surface area contributed by atoms with Gasteiger partial charge in [-0.25, -0.2) is 13.2 Å². The molecule has 1 fully saturated rings. The quantitative estimate of drug-likeness (QED) is 0.391. The molecule has 0 aliphatic carbocycles. The van der Waals surface area contributed by atoms with E-state index < -0.39 is 28.3 Å². The van der Waals surface area contributed by atoms with Crippen molar-refractivity contribution in [2.45, 2.75) is 43.7 Å². The Labute approximate surface area is 228 Å². The summed E-state index contributed by atoms with van der Waals surface area (Å²) in [7, 11) is -4.01. The molecule has 2 N–H and O–H groups in total. The Morgan fingerprint density at radius 2 is 1.89 bits per heavy atom. The van der Waals surface area contributed by atoms with E-state index in [1.54, 1.807) is 0 Å². The second-order valence-corrected chi connectivity index (χ2v) is 12.4. The molecule has 2 aromatic rings. The minimum Gasteiger partial charge on any atom is -0.449 e. The number of hydrogen-bond acceptors (Lipinski definition) is 6. The standard InChI is InChI=1S/C26H34Cl2N2O6S/c1-18(2)14-30(37(33,34)21-8-9-22(27)23(28)13-21)15-25(31)24(12-19-6-4-3-5-7-19)29-26(32)36-17-20-10-11-35-16-20/h3-9,13,18,20,24-25,31H,10-12,14-17H2,1-2H3,(H,29,32)/t20?,24-,25+/m0/s1. The third kappa shape index (κ3) is 8.84. The maximum Gasteiger partial charge on any atom is 0.407 e. The first-order chi connectivity index (χ1) is 17.6. The SMILES string of the molecule is CC(C)CN(C[C@@H](O)[C@H](Cc1ccccc1)NC(=O)OCC1CCOC1)S(=O)(=O)c1ccc(Cl)c(Cl)c1. The first-order valence-electron chi connectivity index (χ1n) is 12.2. The normalized spacial score (nSPS) is 17.6. The number of amides is 1. The summed E-state index contributed by atoms with van der Waals surface area (Å²) in [5.41, 5.74) is 0.874. The highest BCUT2D eigenvalue weighted by Gasteiger charge is 2.32. The summed E-state index contributed by atoms with van der Waals surface area (Å²) in [5.74, 6) is 0.116. The number of aliphatic hydroxyl groups excluding tert-OH is 1. The van der Waals surface area contributed by atoms with Crippen LogP contribution in [0.4, 0.5) is 4.79 Å². The van der Waals surface area contributed by atoms with E-state index in [4.69, 9.17) is 32.7 Å². The predicted molar refractivity (Wildman–Crippen MR) is 143 cm³/mol. The number of nitrogens with zero attached hydrogens (tertiary/aromatic N) is 1. The smallest absolute Gasteiger partial charge is 0.407 e. The monoisotopic (exact) mass is 572 g/mol. The molecule has 1 aliphatic heterocycles. The fourth-order valence-corrected chi connectivity index (χ4v) is 6.06. The number of alkyl carbamates (subject to hydrolysis) is 1. The van der Waals surface area contributed by atoms with Gasteiger partial charge in [-0.2, -0.15) is 4.31 Å². The highest BCUT2D eigenvalue weighted by molar-refractivity contribution is 7.89. The lowest BCUT2D eigenvalue weighted by Gasteiger charge is -2.30. The molecule has 0 saturated carbocycles. The third-order valence-electron chi connectivity index (χ3n) is 6.03. The van der Waals surface area contributed by atoms with Gasteiger partial charge in [0.05, 0.1) is 40.3 Å². The minimum atomic E-state index is -4.01. The summed E-state index contributed by atoms with van der Waals surface area (Å²) in [6, 6.07) is 12.6. The zero-order valence-corrected chi connectivity index (χ0v) is 23.3. The van der Waals surface area contributed by atoms with E-state index in [-0.39, 0.29) is 52.9 Å². The lowest BCUT2D eigenvalue weighted by atomic mass is 10.0. The number of carbonyl (C=O) groups excluding carboxylic acids is 1. The molecule has 0 spiro atoms. The van der Waals surface area contributed by atoms with E-state index in [0.29, 0.717) is 13.2 Å². The molecule has 1 aliphatic rings. The minimum absolute atomic E-state index is 0.0242. The fourth-order valence-electron chi connectivity index (χ4n) is 4.05. The van der Waals surface area contributed by atoms with Crippen molar-refractivity contribution in [3.8, 4) is 0 Å². The van der Waals surface area contributed by atoms with Crippen molar-refractivity contribution in [3.05, 3.63) is 64.1 Å². The Morgan fingerprint density at radius 1 is 1.16 bits per heavy atom. The maximum absolute atomic E-state index is 13.5. The van der Waals surface area contributed by atoms with Gasteiger partial charge in [-0.05, 0) is 42.5 Å². The Morgan fingerprint density at radius 3 is 2.51 bits per heavy atom. The first kappa shape index (κ1) is 29.7. The predicted octanol–water partition coefficient (Wildman–Crippen LogP) is 4.38. The average molecular weight is 574 g/mol. The van der Waals surface area contributed by atoms with Crippen LogP contribution in [0.25, 0.3) is 0 Å². The summed E-state index contributed by atoms with van der Waals surface area (Å²) < 4.78 is 38.9. The molecular weight excluding hydrogens is 539 g/mol. The molecule has 0 aromatic heterocycles. The second-order valence-electron chi connectivity index (χ2n) is 9.63.